The van der Waals surface area contributed by atoms with Gasteiger partial charge in [-0.15, -0.1) is 0 Å². The van der Waals surface area contributed by atoms with Gasteiger partial charge in [0.15, 0.2) is 5.65 Å². The molecule has 3 aromatic rings. The monoisotopic (exact) mass is 294 g/mol. The summed E-state index contributed by atoms with van der Waals surface area (Å²) in [5.74, 6) is 0. The molecule has 4 rings (SSSR count). The highest BCUT2D eigenvalue weighted by Gasteiger charge is 2.25. The standard InChI is InChI=1S/C16H14N4O2/c21-15-12-6-3-9-17-14(12)19-20(15)16(22)18-13-8-7-10-4-1-2-5-11(10)13/h1-6,9,13H,7-8H2,(H,17,19)(H,18,22)/t13-/m1/s1. The van der Waals surface area contributed by atoms with Crippen LogP contribution in [0.4, 0.5) is 4.79 Å². The summed E-state index contributed by atoms with van der Waals surface area (Å²) in [5, 5.41) is 6.07. The van der Waals surface area contributed by atoms with Crippen LogP contribution < -0.4 is 10.9 Å². The third-order valence-corrected chi connectivity index (χ3v) is 4.09. The van der Waals surface area contributed by atoms with Crippen molar-refractivity contribution >= 4 is 17.1 Å². The average molecular weight is 294 g/mol. The maximum Gasteiger partial charge on any atom is 0.344 e. The number of aryl methyl sites for hydroxylation is 1. The first-order valence-electron chi connectivity index (χ1n) is 7.18. The van der Waals surface area contributed by atoms with Gasteiger partial charge in [-0.05, 0) is 36.1 Å². The van der Waals surface area contributed by atoms with Gasteiger partial charge < -0.3 is 5.32 Å². The van der Waals surface area contributed by atoms with Gasteiger partial charge in [-0.25, -0.2) is 9.78 Å². The van der Waals surface area contributed by atoms with E-state index in [1.807, 2.05) is 18.2 Å². The molecule has 0 radical (unpaired) electrons. The number of hydrogen-bond acceptors (Lipinski definition) is 3. The predicted octanol–water partition coefficient (Wildman–Crippen LogP) is 1.97. The van der Waals surface area contributed by atoms with Gasteiger partial charge in [0, 0.05) is 6.20 Å². The lowest BCUT2D eigenvalue weighted by Crippen LogP contribution is -2.37. The Kier molecular flexibility index (Phi) is 2.82. The normalized spacial score (nSPS) is 16.6. The SMILES string of the molecule is O=C(N[C@@H]1CCc2ccccc21)n1[nH]c2ncccc2c1=O. The van der Waals surface area contributed by atoms with Crippen LogP contribution in [0.25, 0.3) is 11.0 Å². The molecule has 2 N–H and O–H groups in total. The van der Waals surface area contributed by atoms with Crippen LogP contribution in [0.2, 0.25) is 0 Å². The number of nitrogens with one attached hydrogen (secondary N) is 2. The number of pyridine rings is 1. The third-order valence-electron chi connectivity index (χ3n) is 4.09. The Morgan fingerprint density at radius 1 is 1.27 bits per heavy atom. The molecule has 22 heavy (non-hydrogen) atoms. The van der Waals surface area contributed by atoms with Crippen molar-refractivity contribution in [3.05, 3.63) is 64.1 Å². The average Bonchev–Trinajstić information content (AvgIpc) is 3.10. The zero-order chi connectivity index (χ0) is 15.1. The van der Waals surface area contributed by atoms with E-state index in [9.17, 15) is 9.59 Å². The number of aromatic nitrogens is 3. The second-order valence-corrected chi connectivity index (χ2v) is 5.39. The Labute approximate surface area is 125 Å². The molecule has 6 nitrogen and oxygen atoms in total. The minimum atomic E-state index is -0.454. The molecule has 0 unspecified atom stereocenters. The van der Waals surface area contributed by atoms with Gasteiger partial charge in [-0.3, -0.25) is 9.89 Å². The Bertz CT molecular complexity index is 925. The Morgan fingerprint density at radius 2 is 2.14 bits per heavy atom. The van der Waals surface area contributed by atoms with Crippen LogP contribution in [0, 0.1) is 0 Å². The van der Waals surface area contributed by atoms with E-state index < -0.39 is 6.03 Å². The minimum Gasteiger partial charge on any atom is -0.329 e. The van der Waals surface area contributed by atoms with Crippen molar-refractivity contribution in [1.82, 2.24) is 20.1 Å². The first-order chi connectivity index (χ1) is 10.7. The van der Waals surface area contributed by atoms with E-state index in [-0.39, 0.29) is 11.6 Å². The van der Waals surface area contributed by atoms with Crippen LogP contribution in [0.5, 0.6) is 0 Å². The Hall–Kier alpha value is -2.89. The zero-order valence-electron chi connectivity index (χ0n) is 11.7. The van der Waals surface area contributed by atoms with Gasteiger partial charge >= 0.3 is 6.03 Å². The van der Waals surface area contributed by atoms with Crippen LogP contribution >= 0.6 is 0 Å². The molecule has 1 aliphatic rings. The number of amides is 1. The molecule has 110 valence electrons. The first kappa shape index (κ1) is 12.8. The molecule has 1 aliphatic carbocycles. The lowest BCUT2D eigenvalue weighted by atomic mass is 10.1. The van der Waals surface area contributed by atoms with Crippen LogP contribution in [0.1, 0.15) is 23.6 Å². The quantitative estimate of drug-likeness (QED) is 0.720. The number of H-pyrrole nitrogens is 1. The van der Waals surface area contributed by atoms with E-state index in [4.69, 9.17) is 0 Å². The van der Waals surface area contributed by atoms with E-state index in [0.29, 0.717) is 11.0 Å². The lowest BCUT2D eigenvalue weighted by molar-refractivity contribution is 0.235. The maximum absolute atomic E-state index is 12.4. The highest BCUT2D eigenvalue weighted by atomic mass is 16.2. The first-order valence-corrected chi connectivity index (χ1v) is 7.18. The Balaban J connectivity index is 1.65. The molecular formula is C16H14N4O2. The molecule has 1 atom stereocenters. The fraction of sp³-hybridized carbons (Fsp3) is 0.188. The van der Waals surface area contributed by atoms with Crippen molar-refractivity contribution in [3.8, 4) is 0 Å². The Morgan fingerprint density at radius 3 is 3.00 bits per heavy atom. The van der Waals surface area contributed by atoms with Gasteiger partial charge in [-0.2, -0.15) is 4.68 Å². The molecule has 1 amide bonds. The van der Waals surface area contributed by atoms with Crippen LogP contribution in [-0.4, -0.2) is 20.8 Å². The second kappa shape index (κ2) is 4.84. The zero-order valence-corrected chi connectivity index (χ0v) is 11.7. The number of benzene rings is 1. The van der Waals surface area contributed by atoms with Crippen LogP contribution in [0.3, 0.4) is 0 Å². The van der Waals surface area contributed by atoms with Crippen molar-refractivity contribution in [3.63, 3.8) is 0 Å². The summed E-state index contributed by atoms with van der Waals surface area (Å²) < 4.78 is 0.985. The van der Waals surface area contributed by atoms with Gasteiger partial charge in [0.05, 0.1) is 11.4 Å². The van der Waals surface area contributed by atoms with E-state index in [0.717, 1.165) is 23.1 Å². The summed E-state index contributed by atoms with van der Waals surface area (Å²) >= 11 is 0. The molecule has 6 heteroatoms. The topological polar surface area (TPSA) is 79.8 Å². The van der Waals surface area contributed by atoms with Crippen LogP contribution in [-0.2, 0) is 6.42 Å². The number of hydrogen-bond donors (Lipinski definition) is 2. The van der Waals surface area contributed by atoms with Crippen molar-refractivity contribution in [2.45, 2.75) is 18.9 Å². The summed E-state index contributed by atoms with van der Waals surface area (Å²) in [5.41, 5.74) is 2.40. The number of carbonyl (C=O) groups excluding carboxylic acids is 1. The number of aromatic amines is 1. The molecule has 2 aromatic heterocycles. The van der Waals surface area contributed by atoms with Crippen molar-refractivity contribution in [2.24, 2.45) is 0 Å². The molecule has 0 fully saturated rings. The van der Waals surface area contributed by atoms with Gasteiger partial charge in [0.1, 0.15) is 0 Å². The molecule has 0 bridgehead atoms. The van der Waals surface area contributed by atoms with Crippen LogP contribution in [0.15, 0.2) is 47.4 Å². The number of rotatable bonds is 1. The highest BCUT2D eigenvalue weighted by molar-refractivity contribution is 5.82. The van der Waals surface area contributed by atoms with Crippen molar-refractivity contribution < 1.29 is 4.79 Å². The second-order valence-electron chi connectivity index (χ2n) is 5.39. The molecule has 0 saturated carbocycles. The highest BCUT2D eigenvalue weighted by Crippen LogP contribution is 2.30. The van der Waals surface area contributed by atoms with E-state index in [1.165, 1.54) is 5.56 Å². The summed E-state index contributed by atoms with van der Waals surface area (Å²) in [6, 6.07) is 10.9. The largest absolute Gasteiger partial charge is 0.344 e. The number of fused-ring (bicyclic) bond motifs is 2. The van der Waals surface area contributed by atoms with E-state index in [1.54, 1.807) is 18.3 Å². The molecular weight excluding hydrogens is 280 g/mol. The molecule has 2 heterocycles. The van der Waals surface area contributed by atoms with Gasteiger partial charge in [-0.1, -0.05) is 24.3 Å². The molecule has 0 saturated heterocycles. The predicted molar refractivity (Wildman–Crippen MR) is 81.8 cm³/mol. The summed E-state index contributed by atoms with van der Waals surface area (Å²) in [6.45, 7) is 0. The maximum atomic E-state index is 12.4. The lowest BCUT2D eigenvalue weighted by Gasteiger charge is -2.13. The number of carbonyl (C=O) groups is 1. The minimum absolute atomic E-state index is 0.0602. The van der Waals surface area contributed by atoms with E-state index in [2.05, 4.69) is 21.5 Å². The van der Waals surface area contributed by atoms with Gasteiger partial charge in [0.2, 0.25) is 0 Å². The fourth-order valence-corrected chi connectivity index (χ4v) is 3.01. The van der Waals surface area contributed by atoms with Crippen molar-refractivity contribution in [2.75, 3.05) is 0 Å². The molecule has 0 spiro atoms. The summed E-state index contributed by atoms with van der Waals surface area (Å²) in [4.78, 5) is 28.7. The molecule has 1 aromatic carbocycles. The smallest absolute Gasteiger partial charge is 0.329 e. The van der Waals surface area contributed by atoms with E-state index >= 15 is 0 Å². The summed E-state index contributed by atoms with van der Waals surface area (Å²) in [7, 11) is 0. The fourth-order valence-electron chi connectivity index (χ4n) is 3.01. The third kappa shape index (κ3) is 1.92. The molecule has 0 aliphatic heterocycles. The number of nitrogens with zero attached hydrogens (tertiary/aromatic N) is 2. The summed E-state index contributed by atoms with van der Waals surface area (Å²) in [6.07, 6.45) is 3.36. The van der Waals surface area contributed by atoms with Crippen molar-refractivity contribution in [1.29, 1.82) is 0 Å². The van der Waals surface area contributed by atoms with Gasteiger partial charge in [0.25, 0.3) is 5.56 Å².